The average Bonchev–Trinajstić information content (AvgIpc) is 2.39. The summed E-state index contributed by atoms with van der Waals surface area (Å²) < 4.78 is 0. The lowest BCUT2D eigenvalue weighted by Gasteiger charge is -2.34. The van der Waals surface area contributed by atoms with Gasteiger partial charge in [-0.3, -0.25) is 5.43 Å². The fraction of sp³-hybridized carbons (Fsp3) is 0.833. The highest BCUT2D eigenvalue weighted by Gasteiger charge is 2.29. The number of hydrazone groups is 1. The van der Waals surface area contributed by atoms with Crippen molar-refractivity contribution in [2.45, 2.75) is 73.1 Å². The first-order chi connectivity index (χ1) is 9.54. The first-order valence-electron chi connectivity index (χ1n) is 8.57. The predicted octanol–water partition coefficient (Wildman–Crippen LogP) is 5.12. The zero-order valence-corrected chi connectivity index (χ0v) is 14.0. The van der Waals surface area contributed by atoms with Crippen LogP contribution in [-0.2, 0) is 0 Å². The Morgan fingerprint density at radius 2 is 1.95 bits per heavy atom. The number of fused-ring (bicyclic) bond motifs is 1. The summed E-state index contributed by atoms with van der Waals surface area (Å²) in [5.41, 5.74) is 7.71. The molecule has 0 spiro atoms. The van der Waals surface area contributed by atoms with E-state index in [1.54, 1.807) is 5.57 Å². The third-order valence-corrected chi connectivity index (χ3v) is 5.50. The zero-order chi connectivity index (χ0) is 14.7. The number of rotatable bonds is 3. The van der Waals surface area contributed by atoms with E-state index in [9.17, 15) is 0 Å². The lowest BCUT2D eigenvalue weighted by molar-refractivity contribution is 0.282. The highest BCUT2D eigenvalue weighted by atomic mass is 15.3. The Morgan fingerprint density at radius 3 is 2.60 bits per heavy atom. The molecule has 0 aromatic carbocycles. The zero-order valence-electron chi connectivity index (χ0n) is 14.0. The van der Waals surface area contributed by atoms with Crippen LogP contribution in [0.2, 0.25) is 0 Å². The summed E-state index contributed by atoms with van der Waals surface area (Å²) in [6.45, 7) is 11.5. The summed E-state index contributed by atoms with van der Waals surface area (Å²) >= 11 is 0. The minimum Gasteiger partial charge on any atom is -0.282 e. The Hall–Kier alpha value is -0.790. The van der Waals surface area contributed by atoms with Gasteiger partial charge >= 0.3 is 0 Å². The van der Waals surface area contributed by atoms with Crippen molar-refractivity contribution >= 4 is 5.71 Å². The molecule has 0 radical (unpaired) electrons. The summed E-state index contributed by atoms with van der Waals surface area (Å²) in [5, 5.41) is 4.57. The Kier molecular flexibility index (Phi) is 5.29. The maximum absolute atomic E-state index is 4.57. The maximum atomic E-state index is 4.57. The molecule has 0 amide bonds. The molecular weight excluding hydrogens is 244 g/mol. The van der Waals surface area contributed by atoms with Crippen molar-refractivity contribution < 1.29 is 0 Å². The van der Waals surface area contributed by atoms with Crippen molar-refractivity contribution in [3.63, 3.8) is 0 Å². The van der Waals surface area contributed by atoms with Crippen molar-refractivity contribution in [1.29, 1.82) is 0 Å². The van der Waals surface area contributed by atoms with Gasteiger partial charge in [-0.1, -0.05) is 47.0 Å². The Labute approximate surface area is 125 Å². The summed E-state index contributed by atoms with van der Waals surface area (Å²) in [6, 6.07) is 0. The van der Waals surface area contributed by atoms with Gasteiger partial charge in [0, 0.05) is 17.3 Å². The van der Waals surface area contributed by atoms with E-state index in [1.807, 2.05) is 0 Å². The van der Waals surface area contributed by atoms with Crippen molar-refractivity contribution in [2.75, 3.05) is 0 Å². The lowest BCUT2D eigenvalue weighted by atomic mass is 9.74. The van der Waals surface area contributed by atoms with E-state index in [1.165, 1.54) is 49.9 Å². The second-order valence-electron chi connectivity index (χ2n) is 7.13. The van der Waals surface area contributed by atoms with Crippen LogP contribution in [0, 0.1) is 23.7 Å². The van der Waals surface area contributed by atoms with Crippen LogP contribution < -0.4 is 5.43 Å². The van der Waals surface area contributed by atoms with E-state index < -0.39 is 0 Å². The topological polar surface area (TPSA) is 24.4 Å². The minimum atomic E-state index is 0.561. The van der Waals surface area contributed by atoms with Gasteiger partial charge in [-0.2, -0.15) is 5.10 Å². The van der Waals surface area contributed by atoms with E-state index in [-0.39, 0.29) is 0 Å². The van der Waals surface area contributed by atoms with Gasteiger partial charge in [-0.05, 0) is 49.5 Å². The van der Waals surface area contributed by atoms with E-state index in [0.29, 0.717) is 11.8 Å². The molecule has 1 aliphatic heterocycles. The van der Waals surface area contributed by atoms with Gasteiger partial charge in [-0.15, -0.1) is 0 Å². The highest BCUT2D eigenvalue weighted by molar-refractivity contribution is 5.87. The molecule has 2 heteroatoms. The van der Waals surface area contributed by atoms with Crippen LogP contribution in [0.4, 0.5) is 0 Å². The minimum absolute atomic E-state index is 0.561. The molecule has 3 unspecified atom stereocenters. The standard InChI is InChI=1S/C18H32N2/c1-6-13(4)15-8-7-9-16-14(5)19-20-18(12(2)3)17(16)11-10-15/h12-13,15-16,20H,6-11H2,1-5H3. The van der Waals surface area contributed by atoms with Crippen LogP contribution in [-0.4, -0.2) is 5.71 Å². The van der Waals surface area contributed by atoms with Gasteiger partial charge in [0.2, 0.25) is 0 Å². The second-order valence-corrected chi connectivity index (χ2v) is 7.13. The van der Waals surface area contributed by atoms with Crippen molar-refractivity contribution in [3.05, 3.63) is 11.3 Å². The Balaban J connectivity index is 2.19. The Morgan fingerprint density at radius 1 is 1.20 bits per heavy atom. The quantitative estimate of drug-likeness (QED) is 0.760. The molecule has 1 fully saturated rings. The normalized spacial score (nSPS) is 29.2. The van der Waals surface area contributed by atoms with Crippen LogP contribution in [0.15, 0.2) is 16.4 Å². The summed E-state index contributed by atoms with van der Waals surface area (Å²) in [7, 11) is 0. The number of nitrogens with zero attached hydrogens (tertiary/aromatic N) is 1. The average molecular weight is 276 g/mol. The Bertz CT molecular complexity index is 392. The molecule has 1 saturated carbocycles. The molecule has 1 N–H and O–H groups in total. The van der Waals surface area contributed by atoms with Gasteiger partial charge < -0.3 is 0 Å². The molecule has 2 aliphatic rings. The van der Waals surface area contributed by atoms with Crippen molar-refractivity contribution in [2.24, 2.45) is 28.8 Å². The molecule has 2 rings (SSSR count). The van der Waals surface area contributed by atoms with Gasteiger partial charge in [0.1, 0.15) is 0 Å². The third kappa shape index (κ3) is 3.27. The summed E-state index contributed by atoms with van der Waals surface area (Å²) in [5.74, 6) is 2.97. The van der Waals surface area contributed by atoms with Gasteiger partial charge in [0.15, 0.2) is 0 Å². The van der Waals surface area contributed by atoms with Crippen LogP contribution in [0.25, 0.3) is 0 Å². The number of nitrogens with one attached hydrogen (secondary N) is 1. The van der Waals surface area contributed by atoms with Crippen molar-refractivity contribution in [1.82, 2.24) is 5.43 Å². The SMILES string of the molecule is CCC(C)C1CCCC2C(C)=NNC(C(C)C)=C2CC1. The second kappa shape index (κ2) is 6.78. The molecule has 20 heavy (non-hydrogen) atoms. The van der Waals surface area contributed by atoms with E-state index >= 15 is 0 Å². The molecule has 1 heterocycles. The van der Waals surface area contributed by atoms with Crippen molar-refractivity contribution in [3.8, 4) is 0 Å². The third-order valence-electron chi connectivity index (χ3n) is 5.50. The predicted molar refractivity (Wildman–Crippen MR) is 87.6 cm³/mol. The fourth-order valence-corrected chi connectivity index (χ4v) is 3.90. The number of allylic oxidation sites excluding steroid dienone is 2. The van der Waals surface area contributed by atoms with Gasteiger partial charge in [0.25, 0.3) is 0 Å². The first-order valence-corrected chi connectivity index (χ1v) is 8.57. The molecular formula is C18H32N2. The molecule has 0 aromatic rings. The molecule has 0 bridgehead atoms. The van der Waals surface area contributed by atoms with Gasteiger partial charge in [-0.25, -0.2) is 0 Å². The van der Waals surface area contributed by atoms with E-state index in [4.69, 9.17) is 0 Å². The van der Waals surface area contributed by atoms with Gasteiger partial charge in [0.05, 0.1) is 0 Å². The smallest absolute Gasteiger partial charge is 0.0423 e. The first kappa shape index (κ1) is 15.6. The summed E-state index contributed by atoms with van der Waals surface area (Å²) in [6.07, 6.45) is 8.04. The summed E-state index contributed by atoms with van der Waals surface area (Å²) in [4.78, 5) is 0. The van der Waals surface area contributed by atoms with Crippen LogP contribution in [0.1, 0.15) is 73.1 Å². The molecule has 114 valence electrons. The monoisotopic (exact) mass is 276 g/mol. The highest BCUT2D eigenvalue weighted by Crippen LogP contribution is 2.38. The lowest BCUT2D eigenvalue weighted by Crippen LogP contribution is -2.31. The van der Waals surface area contributed by atoms with E-state index in [0.717, 1.165) is 11.8 Å². The van der Waals surface area contributed by atoms with E-state index in [2.05, 4.69) is 45.1 Å². The molecule has 1 aliphatic carbocycles. The van der Waals surface area contributed by atoms with Crippen LogP contribution >= 0.6 is 0 Å². The fourth-order valence-electron chi connectivity index (χ4n) is 3.90. The number of hydrogen-bond donors (Lipinski definition) is 1. The molecule has 2 nitrogen and oxygen atoms in total. The van der Waals surface area contributed by atoms with Crippen LogP contribution in [0.5, 0.6) is 0 Å². The largest absolute Gasteiger partial charge is 0.282 e. The molecule has 0 aromatic heterocycles. The maximum Gasteiger partial charge on any atom is 0.0423 e. The molecule has 3 atom stereocenters. The molecule has 0 saturated heterocycles. The number of hydrogen-bond acceptors (Lipinski definition) is 2. The van der Waals surface area contributed by atoms with Crippen LogP contribution in [0.3, 0.4) is 0 Å².